The Hall–Kier alpha value is -3.58. The summed E-state index contributed by atoms with van der Waals surface area (Å²) in [5.74, 6) is -0.656. The predicted molar refractivity (Wildman–Crippen MR) is 124 cm³/mol. The predicted octanol–water partition coefficient (Wildman–Crippen LogP) is 4.26. The van der Waals surface area contributed by atoms with Crippen LogP contribution >= 0.6 is 11.8 Å². The second kappa shape index (κ2) is 9.28. The number of imide groups is 1. The number of ether oxygens (including phenoxy) is 1. The molecule has 0 aromatic heterocycles. The molecule has 0 bridgehead atoms. The Morgan fingerprint density at radius 3 is 2.12 bits per heavy atom. The minimum absolute atomic E-state index is 0.183. The molecule has 3 aromatic rings. The van der Waals surface area contributed by atoms with Gasteiger partial charge in [0.25, 0.3) is 11.8 Å². The molecule has 0 fully saturated rings. The zero-order chi connectivity index (χ0) is 22.7. The number of hydrogen-bond acceptors (Lipinski definition) is 5. The quantitative estimate of drug-likeness (QED) is 0.434. The van der Waals surface area contributed by atoms with Crippen molar-refractivity contribution in [2.75, 3.05) is 18.7 Å². The van der Waals surface area contributed by atoms with Gasteiger partial charge in [0.1, 0.15) is 11.8 Å². The van der Waals surface area contributed by atoms with E-state index in [1.165, 1.54) is 11.8 Å². The fourth-order valence-corrected chi connectivity index (χ4v) is 4.29. The lowest BCUT2D eigenvalue weighted by atomic mass is 10.0. The number of rotatable bonds is 7. The van der Waals surface area contributed by atoms with Gasteiger partial charge in [0.2, 0.25) is 5.91 Å². The van der Waals surface area contributed by atoms with Gasteiger partial charge in [-0.2, -0.15) is 0 Å². The first-order valence-electron chi connectivity index (χ1n) is 10.1. The summed E-state index contributed by atoms with van der Waals surface area (Å²) >= 11 is 1.50. The fourth-order valence-electron chi connectivity index (χ4n) is 3.74. The third-order valence-corrected chi connectivity index (χ3v) is 6.19. The number of carbonyl (C=O) groups is 3. The van der Waals surface area contributed by atoms with E-state index in [0.717, 1.165) is 15.4 Å². The molecule has 0 unspecified atom stereocenters. The van der Waals surface area contributed by atoms with Crippen molar-refractivity contribution in [3.63, 3.8) is 0 Å². The SMILES string of the molecule is COc1ccc(C[C@@H](C(=O)Nc2ccccc2SC)N2C(=O)c3ccccc3C2=O)cc1. The number of thioether (sulfide) groups is 1. The van der Waals surface area contributed by atoms with E-state index in [0.29, 0.717) is 22.6 Å². The van der Waals surface area contributed by atoms with E-state index in [1.807, 2.05) is 36.6 Å². The van der Waals surface area contributed by atoms with Crippen molar-refractivity contribution in [2.24, 2.45) is 0 Å². The monoisotopic (exact) mass is 446 g/mol. The van der Waals surface area contributed by atoms with E-state index in [4.69, 9.17) is 4.74 Å². The molecule has 6 nitrogen and oxygen atoms in total. The first kappa shape index (κ1) is 21.6. The Morgan fingerprint density at radius 1 is 0.938 bits per heavy atom. The van der Waals surface area contributed by atoms with E-state index in [9.17, 15) is 14.4 Å². The lowest BCUT2D eigenvalue weighted by Gasteiger charge is -2.26. The highest BCUT2D eigenvalue weighted by Crippen LogP contribution is 2.29. The molecule has 0 spiro atoms. The number of carbonyl (C=O) groups excluding carboxylic acids is 3. The second-order valence-electron chi connectivity index (χ2n) is 7.28. The standard InChI is InChI=1S/C25H22N2O4S/c1-31-17-13-11-16(12-14-17)15-21(23(28)26-20-9-5-6-10-22(20)32-2)27-24(29)18-7-3-4-8-19(18)25(27)30/h3-14,21H,15H2,1-2H3,(H,26,28)/t21-/m0/s1. The summed E-state index contributed by atoms with van der Waals surface area (Å²) < 4.78 is 5.20. The van der Waals surface area contributed by atoms with Crippen molar-refractivity contribution >= 4 is 35.2 Å². The molecule has 1 atom stereocenters. The minimum Gasteiger partial charge on any atom is -0.497 e. The normalized spacial score (nSPS) is 13.6. The zero-order valence-electron chi connectivity index (χ0n) is 17.7. The molecule has 1 aliphatic heterocycles. The molecule has 0 aliphatic carbocycles. The zero-order valence-corrected chi connectivity index (χ0v) is 18.5. The molecule has 162 valence electrons. The van der Waals surface area contributed by atoms with Gasteiger partial charge in [0, 0.05) is 11.3 Å². The van der Waals surface area contributed by atoms with Crippen molar-refractivity contribution in [1.29, 1.82) is 0 Å². The maximum Gasteiger partial charge on any atom is 0.262 e. The maximum absolute atomic E-state index is 13.4. The number of methoxy groups -OCH3 is 1. The first-order valence-corrected chi connectivity index (χ1v) is 11.3. The van der Waals surface area contributed by atoms with Crippen LogP contribution < -0.4 is 10.1 Å². The summed E-state index contributed by atoms with van der Waals surface area (Å²) in [6, 6.07) is 20.3. The van der Waals surface area contributed by atoms with Crippen molar-refractivity contribution in [3.8, 4) is 5.75 Å². The Labute approximate surface area is 190 Å². The van der Waals surface area contributed by atoms with Crippen LogP contribution in [0.4, 0.5) is 5.69 Å². The maximum atomic E-state index is 13.4. The Bertz CT molecular complexity index is 1140. The Kier molecular flexibility index (Phi) is 6.28. The van der Waals surface area contributed by atoms with E-state index in [1.54, 1.807) is 49.6 Å². The highest BCUT2D eigenvalue weighted by Gasteiger charge is 2.42. The van der Waals surface area contributed by atoms with Crippen LogP contribution in [-0.4, -0.2) is 42.0 Å². The number of nitrogens with one attached hydrogen (secondary N) is 1. The van der Waals surface area contributed by atoms with Gasteiger partial charge in [-0.05, 0) is 48.2 Å². The molecule has 3 amide bonds. The molecular formula is C25H22N2O4S. The molecule has 0 radical (unpaired) electrons. The molecule has 4 rings (SSSR count). The summed E-state index contributed by atoms with van der Waals surface area (Å²) in [6.45, 7) is 0. The average molecular weight is 447 g/mol. The van der Waals surface area contributed by atoms with Crippen molar-refractivity contribution in [1.82, 2.24) is 4.90 Å². The summed E-state index contributed by atoms with van der Waals surface area (Å²) in [5, 5.41) is 2.92. The van der Waals surface area contributed by atoms with Gasteiger partial charge in [-0.1, -0.05) is 36.4 Å². The van der Waals surface area contributed by atoms with Crippen LogP contribution in [0.15, 0.2) is 77.7 Å². The fraction of sp³-hybridized carbons (Fsp3) is 0.160. The summed E-state index contributed by atoms with van der Waals surface area (Å²) in [5.41, 5.74) is 2.08. The molecule has 0 saturated heterocycles. The number of hydrogen-bond donors (Lipinski definition) is 1. The number of anilines is 1. The van der Waals surface area contributed by atoms with Crippen LogP contribution in [0.25, 0.3) is 0 Å². The minimum atomic E-state index is -1.01. The highest BCUT2D eigenvalue weighted by atomic mass is 32.2. The van der Waals surface area contributed by atoms with Crippen LogP contribution in [0.5, 0.6) is 5.75 Å². The molecule has 0 saturated carbocycles. The summed E-state index contributed by atoms with van der Waals surface area (Å²) in [4.78, 5) is 41.7. The first-order chi connectivity index (χ1) is 15.5. The molecule has 1 heterocycles. The van der Waals surface area contributed by atoms with Crippen LogP contribution in [0, 0.1) is 0 Å². The van der Waals surface area contributed by atoms with Gasteiger partial charge >= 0.3 is 0 Å². The van der Waals surface area contributed by atoms with Gasteiger partial charge in [0.15, 0.2) is 0 Å². The largest absolute Gasteiger partial charge is 0.497 e. The molecule has 1 N–H and O–H groups in total. The van der Waals surface area contributed by atoms with Crippen LogP contribution in [0.1, 0.15) is 26.3 Å². The second-order valence-corrected chi connectivity index (χ2v) is 8.13. The highest BCUT2D eigenvalue weighted by molar-refractivity contribution is 7.98. The third-order valence-electron chi connectivity index (χ3n) is 5.39. The van der Waals surface area contributed by atoms with Gasteiger partial charge in [-0.25, -0.2) is 0 Å². The van der Waals surface area contributed by atoms with Crippen LogP contribution in [-0.2, 0) is 11.2 Å². The number of amides is 3. The smallest absolute Gasteiger partial charge is 0.262 e. The molecule has 32 heavy (non-hydrogen) atoms. The van der Waals surface area contributed by atoms with Gasteiger partial charge < -0.3 is 10.1 Å². The van der Waals surface area contributed by atoms with E-state index >= 15 is 0 Å². The van der Waals surface area contributed by atoms with Crippen LogP contribution in [0.2, 0.25) is 0 Å². The van der Waals surface area contributed by atoms with Crippen LogP contribution in [0.3, 0.4) is 0 Å². The Morgan fingerprint density at radius 2 is 1.53 bits per heavy atom. The van der Waals surface area contributed by atoms with Gasteiger partial charge in [-0.3, -0.25) is 19.3 Å². The number of fused-ring (bicyclic) bond motifs is 1. The van der Waals surface area contributed by atoms with Crippen molar-refractivity contribution < 1.29 is 19.1 Å². The van der Waals surface area contributed by atoms with E-state index in [2.05, 4.69) is 5.32 Å². The summed E-state index contributed by atoms with van der Waals surface area (Å²) in [7, 11) is 1.58. The number of para-hydroxylation sites is 1. The molecular weight excluding hydrogens is 424 g/mol. The third kappa shape index (κ3) is 4.11. The molecule has 3 aromatic carbocycles. The topological polar surface area (TPSA) is 75.7 Å². The van der Waals surface area contributed by atoms with E-state index < -0.39 is 23.8 Å². The molecule has 1 aliphatic rings. The summed E-state index contributed by atoms with van der Waals surface area (Å²) in [6.07, 6.45) is 2.10. The lowest BCUT2D eigenvalue weighted by Crippen LogP contribution is -2.48. The van der Waals surface area contributed by atoms with Gasteiger partial charge in [-0.15, -0.1) is 11.8 Å². The average Bonchev–Trinajstić information content (AvgIpc) is 3.08. The number of benzene rings is 3. The Balaban J connectivity index is 1.69. The van der Waals surface area contributed by atoms with E-state index in [-0.39, 0.29) is 6.42 Å². The van der Waals surface area contributed by atoms with Crippen molar-refractivity contribution in [3.05, 3.63) is 89.5 Å². The number of nitrogens with zero attached hydrogens (tertiary/aromatic N) is 1. The molecule has 7 heteroatoms. The van der Waals surface area contributed by atoms with Gasteiger partial charge in [0.05, 0.1) is 23.9 Å². The lowest BCUT2D eigenvalue weighted by molar-refractivity contribution is -0.119. The van der Waals surface area contributed by atoms with Crippen molar-refractivity contribution in [2.45, 2.75) is 17.4 Å².